The third-order valence-corrected chi connectivity index (χ3v) is 3.15. The molecule has 1 heterocycles. The molecule has 1 aromatic heterocycles. The maximum absolute atomic E-state index is 10.5. The lowest BCUT2D eigenvalue weighted by Crippen LogP contribution is -2.29. The first kappa shape index (κ1) is 13.4. The number of aromatic nitrogens is 1. The van der Waals surface area contributed by atoms with Crippen LogP contribution in [0.15, 0.2) is 30.5 Å². The molecule has 1 atom stereocenters. The summed E-state index contributed by atoms with van der Waals surface area (Å²) >= 11 is 0. The lowest BCUT2D eigenvalue weighted by molar-refractivity contribution is -0.137. The average molecular weight is 262 g/mol. The minimum atomic E-state index is -0.881. The number of rotatable bonds is 6. The number of aliphatic hydroxyl groups excluding tert-OH is 1. The Labute approximate surface area is 111 Å². The molecule has 1 aromatic carbocycles. The summed E-state index contributed by atoms with van der Waals surface area (Å²) in [5, 5.41) is 19.5. The zero-order valence-corrected chi connectivity index (χ0v) is 10.8. The quantitative estimate of drug-likeness (QED) is 0.742. The number of hydrogen-bond donors (Lipinski definition) is 3. The fourth-order valence-electron chi connectivity index (χ4n) is 2.17. The Morgan fingerprint density at radius 2 is 2.16 bits per heavy atom. The van der Waals surface area contributed by atoms with Crippen molar-refractivity contribution in [3.8, 4) is 0 Å². The van der Waals surface area contributed by atoms with Crippen LogP contribution in [0.25, 0.3) is 10.9 Å². The van der Waals surface area contributed by atoms with Crippen molar-refractivity contribution < 1.29 is 15.0 Å². The van der Waals surface area contributed by atoms with E-state index in [-0.39, 0.29) is 12.8 Å². The molecule has 5 nitrogen and oxygen atoms in total. The van der Waals surface area contributed by atoms with Crippen LogP contribution in [0.2, 0.25) is 0 Å². The number of carboxylic acids is 1. The van der Waals surface area contributed by atoms with Crippen molar-refractivity contribution in [3.05, 3.63) is 30.5 Å². The Kier molecular flexibility index (Phi) is 4.06. The van der Waals surface area contributed by atoms with Gasteiger partial charge >= 0.3 is 5.97 Å². The van der Waals surface area contributed by atoms with Crippen molar-refractivity contribution in [2.24, 2.45) is 0 Å². The molecule has 19 heavy (non-hydrogen) atoms. The van der Waals surface area contributed by atoms with E-state index in [1.165, 1.54) is 0 Å². The first-order chi connectivity index (χ1) is 9.08. The minimum absolute atomic E-state index is 0.0110. The van der Waals surface area contributed by atoms with Crippen LogP contribution in [0, 0.1) is 0 Å². The highest BCUT2D eigenvalue weighted by Gasteiger charge is 2.13. The maximum atomic E-state index is 10.5. The van der Waals surface area contributed by atoms with Crippen LogP contribution in [0.1, 0.15) is 12.8 Å². The van der Waals surface area contributed by atoms with E-state index in [0.29, 0.717) is 6.54 Å². The van der Waals surface area contributed by atoms with Gasteiger partial charge < -0.3 is 20.1 Å². The predicted octanol–water partition coefficient (Wildman–Crippen LogP) is 1.83. The van der Waals surface area contributed by atoms with Gasteiger partial charge in [-0.3, -0.25) is 4.79 Å². The average Bonchev–Trinajstić information content (AvgIpc) is 2.80. The molecule has 0 radical (unpaired) electrons. The summed E-state index contributed by atoms with van der Waals surface area (Å²) in [7, 11) is 1.89. The monoisotopic (exact) mass is 262 g/mol. The third kappa shape index (κ3) is 3.26. The number of likely N-dealkylation sites (N-methyl/N-ethyl adjacent to an activating group) is 1. The molecule has 3 N–H and O–H groups in total. The lowest BCUT2D eigenvalue weighted by Gasteiger charge is -2.21. The number of benzene rings is 1. The highest BCUT2D eigenvalue weighted by Crippen LogP contribution is 2.25. The fourth-order valence-corrected chi connectivity index (χ4v) is 2.17. The van der Waals surface area contributed by atoms with Crippen LogP contribution < -0.4 is 4.90 Å². The molecule has 1 unspecified atom stereocenters. The van der Waals surface area contributed by atoms with Crippen molar-refractivity contribution in [2.75, 3.05) is 18.5 Å². The van der Waals surface area contributed by atoms with E-state index in [1.54, 1.807) is 0 Å². The van der Waals surface area contributed by atoms with E-state index in [2.05, 4.69) is 4.98 Å². The Morgan fingerprint density at radius 1 is 1.42 bits per heavy atom. The summed E-state index contributed by atoms with van der Waals surface area (Å²) in [6, 6.07) is 7.94. The Hall–Kier alpha value is -2.01. The van der Waals surface area contributed by atoms with Crippen molar-refractivity contribution >= 4 is 22.6 Å². The molecule has 0 aliphatic heterocycles. The van der Waals surface area contributed by atoms with Gasteiger partial charge in [0.25, 0.3) is 0 Å². The summed E-state index contributed by atoms with van der Waals surface area (Å²) in [5.74, 6) is -0.881. The number of para-hydroxylation sites is 1. The third-order valence-electron chi connectivity index (χ3n) is 3.15. The topological polar surface area (TPSA) is 76.6 Å². The second-order valence-corrected chi connectivity index (χ2v) is 4.69. The smallest absolute Gasteiger partial charge is 0.303 e. The van der Waals surface area contributed by atoms with Gasteiger partial charge in [-0.15, -0.1) is 0 Å². The number of nitrogens with one attached hydrogen (secondary N) is 1. The minimum Gasteiger partial charge on any atom is -0.481 e. The summed E-state index contributed by atoms with van der Waals surface area (Å²) < 4.78 is 0. The number of carboxylic acid groups (broad SMARTS) is 1. The van der Waals surface area contributed by atoms with Crippen LogP contribution in [0.3, 0.4) is 0 Å². The van der Waals surface area contributed by atoms with E-state index in [4.69, 9.17) is 5.11 Å². The number of carbonyl (C=O) groups is 1. The molecule has 5 heteroatoms. The van der Waals surface area contributed by atoms with E-state index in [9.17, 15) is 9.90 Å². The van der Waals surface area contributed by atoms with Crippen LogP contribution in [0.4, 0.5) is 5.69 Å². The number of aromatic amines is 1. The Morgan fingerprint density at radius 3 is 2.89 bits per heavy atom. The summed E-state index contributed by atoms with van der Waals surface area (Å²) in [6.45, 7) is 0.412. The van der Waals surface area contributed by atoms with E-state index in [1.807, 2.05) is 42.4 Å². The molecule has 0 aliphatic carbocycles. The van der Waals surface area contributed by atoms with Gasteiger partial charge in [-0.2, -0.15) is 0 Å². The molecule has 2 rings (SSSR count). The molecule has 0 saturated carbocycles. The predicted molar refractivity (Wildman–Crippen MR) is 74.4 cm³/mol. The van der Waals surface area contributed by atoms with E-state index < -0.39 is 12.1 Å². The van der Waals surface area contributed by atoms with Gasteiger partial charge in [-0.25, -0.2) is 0 Å². The number of aliphatic hydroxyl groups is 1. The van der Waals surface area contributed by atoms with Crippen LogP contribution in [-0.4, -0.2) is 40.9 Å². The van der Waals surface area contributed by atoms with Gasteiger partial charge in [0.15, 0.2) is 0 Å². The van der Waals surface area contributed by atoms with Gasteiger partial charge in [0, 0.05) is 37.1 Å². The van der Waals surface area contributed by atoms with Gasteiger partial charge in [-0.05, 0) is 12.5 Å². The lowest BCUT2D eigenvalue weighted by atomic mass is 10.1. The zero-order chi connectivity index (χ0) is 13.8. The van der Waals surface area contributed by atoms with Crippen molar-refractivity contribution in [2.45, 2.75) is 18.9 Å². The van der Waals surface area contributed by atoms with Crippen molar-refractivity contribution in [1.82, 2.24) is 4.98 Å². The molecule has 0 spiro atoms. The number of fused-ring (bicyclic) bond motifs is 1. The fraction of sp³-hybridized carbons (Fsp3) is 0.357. The van der Waals surface area contributed by atoms with Gasteiger partial charge in [0.05, 0.1) is 11.8 Å². The summed E-state index contributed by atoms with van der Waals surface area (Å²) in [4.78, 5) is 15.6. The Balaban J connectivity index is 2.03. The second kappa shape index (κ2) is 5.75. The van der Waals surface area contributed by atoms with E-state index >= 15 is 0 Å². The highest BCUT2D eigenvalue weighted by molar-refractivity contribution is 5.92. The normalized spacial score (nSPS) is 12.5. The number of H-pyrrole nitrogens is 1. The maximum Gasteiger partial charge on any atom is 0.303 e. The summed E-state index contributed by atoms with van der Waals surface area (Å²) in [6.07, 6.45) is 1.51. The molecule has 0 bridgehead atoms. The number of hydrogen-bond acceptors (Lipinski definition) is 3. The molecule has 0 amide bonds. The standard InChI is InChI=1S/C14H18N2O3/c1-16(9-10(17)6-7-14(18)19)13-8-15-12-5-3-2-4-11(12)13/h2-5,8,10,15,17H,6-7,9H2,1H3,(H,18,19). The van der Waals surface area contributed by atoms with Crippen molar-refractivity contribution in [3.63, 3.8) is 0 Å². The number of aliphatic carboxylic acids is 1. The van der Waals surface area contributed by atoms with Crippen molar-refractivity contribution in [1.29, 1.82) is 0 Å². The van der Waals surface area contributed by atoms with Gasteiger partial charge in [-0.1, -0.05) is 18.2 Å². The molecule has 0 saturated heterocycles. The molecular formula is C14H18N2O3. The highest BCUT2D eigenvalue weighted by atomic mass is 16.4. The summed E-state index contributed by atoms with van der Waals surface area (Å²) in [5.41, 5.74) is 2.05. The molecule has 0 fully saturated rings. The second-order valence-electron chi connectivity index (χ2n) is 4.69. The molecular weight excluding hydrogens is 244 g/mol. The van der Waals surface area contributed by atoms with Crippen LogP contribution >= 0.6 is 0 Å². The number of nitrogens with zero attached hydrogens (tertiary/aromatic N) is 1. The zero-order valence-electron chi connectivity index (χ0n) is 10.8. The van der Waals surface area contributed by atoms with Gasteiger partial charge in [0.2, 0.25) is 0 Å². The molecule has 2 aromatic rings. The molecule has 0 aliphatic rings. The SMILES string of the molecule is CN(CC(O)CCC(=O)O)c1c[nH]c2ccccc12. The largest absolute Gasteiger partial charge is 0.481 e. The first-order valence-electron chi connectivity index (χ1n) is 6.25. The molecule has 102 valence electrons. The van der Waals surface area contributed by atoms with Crippen LogP contribution in [0.5, 0.6) is 0 Å². The van der Waals surface area contributed by atoms with Gasteiger partial charge in [0.1, 0.15) is 0 Å². The number of anilines is 1. The van der Waals surface area contributed by atoms with Crippen LogP contribution in [-0.2, 0) is 4.79 Å². The first-order valence-corrected chi connectivity index (χ1v) is 6.25. The van der Waals surface area contributed by atoms with E-state index in [0.717, 1.165) is 16.6 Å². The Bertz CT molecular complexity index is 565.